The SMILES string of the molecule is CC(=O)N[C@H](CC(=O)N[C@@H]1CCN2CCCC[C@H]12)c1cccs1. The second-order valence-electron chi connectivity index (χ2n) is 6.53. The number of hydrogen-bond acceptors (Lipinski definition) is 4. The summed E-state index contributed by atoms with van der Waals surface area (Å²) >= 11 is 1.57. The standard InChI is InChI=1S/C17H25N3O2S/c1-12(21)18-14(16-6-4-10-23-16)11-17(22)19-13-7-9-20-8-3-2-5-15(13)20/h4,6,10,13-15H,2-3,5,7-9,11H2,1H3,(H,18,21)(H,19,22)/t13-,14-,15-/m1/s1. The van der Waals surface area contributed by atoms with Gasteiger partial charge in [-0.3, -0.25) is 14.5 Å². The molecule has 5 nitrogen and oxygen atoms in total. The van der Waals surface area contributed by atoms with Crippen molar-refractivity contribution in [3.8, 4) is 0 Å². The molecule has 3 rings (SSSR count). The fourth-order valence-electron chi connectivity index (χ4n) is 3.82. The van der Waals surface area contributed by atoms with Gasteiger partial charge in [-0.15, -0.1) is 11.3 Å². The van der Waals surface area contributed by atoms with Gasteiger partial charge in [0.2, 0.25) is 11.8 Å². The lowest BCUT2D eigenvalue weighted by atomic mass is 9.99. The maximum atomic E-state index is 12.5. The molecule has 126 valence electrons. The molecule has 0 aliphatic carbocycles. The number of thiophene rings is 1. The highest BCUT2D eigenvalue weighted by Crippen LogP contribution is 2.28. The molecule has 0 radical (unpaired) electrons. The van der Waals surface area contributed by atoms with Gasteiger partial charge in [-0.2, -0.15) is 0 Å². The predicted molar refractivity (Wildman–Crippen MR) is 91.3 cm³/mol. The number of rotatable bonds is 5. The maximum absolute atomic E-state index is 12.5. The minimum absolute atomic E-state index is 0.0366. The van der Waals surface area contributed by atoms with Crippen molar-refractivity contribution in [2.24, 2.45) is 0 Å². The van der Waals surface area contributed by atoms with Crippen molar-refractivity contribution in [1.82, 2.24) is 15.5 Å². The minimum atomic E-state index is -0.226. The first-order chi connectivity index (χ1) is 11.1. The largest absolute Gasteiger partial charge is 0.352 e. The highest BCUT2D eigenvalue weighted by atomic mass is 32.1. The molecule has 2 amide bonds. The fourth-order valence-corrected chi connectivity index (χ4v) is 4.60. The van der Waals surface area contributed by atoms with Crippen LogP contribution in [0.3, 0.4) is 0 Å². The summed E-state index contributed by atoms with van der Waals surface area (Å²) in [7, 11) is 0. The van der Waals surface area contributed by atoms with Crippen LogP contribution in [0.2, 0.25) is 0 Å². The Kier molecular flexibility index (Phi) is 5.33. The molecule has 2 saturated heterocycles. The van der Waals surface area contributed by atoms with Crippen LogP contribution in [-0.4, -0.2) is 41.9 Å². The van der Waals surface area contributed by atoms with Crippen molar-refractivity contribution < 1.29 is 9.59 Å². The third-order valence-electron chi connectivity index (χ3n) is 4.86. The van der Waals surface area contributed by atoms with Crippen LogP contribution in [-0.2, 0) is 9.59 Å². The van der Waals surface area contributed by atoms with Crippen LogP contribution in [0.4, 0.5) is 0 Å². The lowest BCUT2D eigenvalue weighted by molar-refractivity contribution is -0.123. The predicted octanol–water partition coefficient (Wildman–Crippen LogP) is 2.06. The van der Waals surface area contributed by atoms with Crippen LogP contribution in [0.15, 0.2) is 17.5 Å². The van der Waals surface area contributed by atoms with Crippen LogP contribution in [0, 0.1) is 0 Å². The molecule has 23 heavy (non-hydrogen) atoms. The van der Waals surface area contributed by atoms with Crippen molar-refractivity contribution in [2.75, 3.05) is 13.1 Å². The molecular weight excluding hydrogens is 310 g/mol. The van der Waals surface area contributed by atoms with Crippen molar-refractivity contribution in [1.29, 1.82) is 0 Å². The maximum Gasteiger partial charge on any atom is 0.222 e. The van der Waals surface area contributed by atoms with Gasteiger partial charge in [0.15, 0.2) is 0 Å². The highest BCUT2D eigenvalue weighted by Gasteiger charge is 2.36. The molecule has 0 bridgehead atoms. The summed E-state index contributed by atoms with van der Waals surface area (Å²) in [5, 5.41) is 8.08. The van der Waals surface area contributed by atoms with E-state index < -0.39 is 0 Å². The molecule has 2 aliphatic heterocycles. The Morgan fingerprint density at radius 1 is 1.35 bits per heavy atom. The summed E-state index contributed by atoms with van der Waals surface area (Å²) in [5.41, 5.74) is 0. The average molecular weight is 335 g/mol. The number of piperidine rings is 1. The summed E-state index contributed by atoms with van der Waals surface area (Å²) in [4.78, 5) is 27.4. The Morgan fingerprint density at radius 2 is 2.22 bits per heavy atom. The summed E-state index contributed by atoms with van der Waals surface area (Å²) in [5.74, 6) is -0.0647. The Bertz CT molecular complexity index is 546. The molecule has 0 saturated carbocycles. The van der Waals surface area contributed by atoms with Crippen LogP contribution in [0.25, 0.3) is 0 Å². The van der Waals surface area contributed by atoms with Gasteiger partial charge in [-0.1, -0.05) is 12.5 Å². The van der Waals surface area contributed by atoms with Gasteiger partial charge >= 0.3 is 0 Å². The zero-order valence-electron chi connectivity index (χ0n) is 13.6. The zero-order valence-corrected chi connectivity index (χ0v) is 14.4. The third-order valence-corrected chi connectivity index (χ3v) is 5.84. The number of carbonyl (C=O) groups is 2. The molecule has 1 aromatic heterocycles. The van der Waals surface area contributed by atoms with Crippen molar-refractivity contribution in [3.63, 3.8) is 0 Å². The van der Waals surface area contributed by atoms with Gasteiger partial charge in [0.1, 0.15) is 0 Å². The molecule has 0 aromatic carbocycles. The van der Waals surface area contributed by atoms with E-state index in [1.54, 1.807) is 11.3 Å². The first-order valence-corrected chi connectivity index (χ1v) is 9.35. The molecule has 3 atom stereocenters. The molecule has 2 aliphatic rings. The normalized spacial score (nSPS) is 25.6. The first kappa shape index (κ1) is 16.5. The van der Waals surface area contributed by atoms with E-state index in [-0.39, 0.29) is 23.9 Å². The number of hydrogen-bond donors (Lipinski definition) is 2. The van der Waals surface area contributed by atoms with Crippen LogP contribution in [0.5, 0.6) is 0 Å². The van der Waals surface area contributed by atoms with Crippen molar-refractivity contribution in [2.45, 2.75) is 57.2 Å². The Balaban J connectivity index is 1.57. The number of nitrogens with one attached hydrogen (secondary N) is 2. The second kappa shape index (κ2) is 7.45. The monoisotopic (exact) mass is 335 g/mol. The van der Waals surface area contributed by atoms with Crippen LogP contribution < -0.4 is 10.6 Å². The molecular formula is C17H25N3O2S. The highest BCUT2D eigenvalue weighted by molar-refractivity contribution is 7.10. The number of nitrogens with zero attached hydrogens (tertiary/aromatic N) is 1. The molecule has 0 spiro atoms. The Morgan fingerprint density at radius 3 is 2.96 bits per heavy atom. The number of amides is 2. The van der Waals surface area contributed by atoms with E-state index in [9.17, 15) is 9.59 Å². The summed E-state index contributed by atoms with van der Waals surface area (Å²) in [6.45, 7) is 3.76. The van der Waals surface area contributed by atoms with E-state index in [2.05, 4.69) is 15.5 Å². The van der Waals surface area contributed by atoms with Gasteiger partial charge in [0.25, 0.3) is 0 Å². The smallest absolute Gasteiger partial charge is 0.222 e. The van der Waals surface area contributed by atoms with E-state index in [0.29, 0.717) is 12.5 Å². The van der Waals surface area contributed by atoms with Crippen molar-refractivity contribution in [3.05, 3.63) is 22.4 Å². The van der Waals surface area contributed by atoms with E-state index in [1.165, 1.54) is 32.7 Å². The fraction of sp³-hybridized carbons (Fsp3) is 0.647. The second-order valence-corrected chi connectivity index (χ2v) is 7.51. The van der Waals surface area contributed by atoms with Gasteiger partial charge < -0.3 is 10.6 Å². The summed E-state index contributed by atoms with van der Waals surface area (Å²) in [6.07, 6.45) is 5.08. The minimum Gasteiger partial charge on any atom is -0.352 e. The molecule has 6 heteroatoms. The van der Waals surface area contributed by atoms with Gasteiger partial charge in [0, 0.05) is 30.4 Å². The van der Waals surface area contributed by atoms with E-state index in [0.717, 1.165) is 17.8 Å². The van der Waals surface area contributed by atoms with E-state index in [1.807, 2.05) is 17.5 Å². The number of fused-ring (bicyclic) bond motifs is 1. The third kappa shape index (κ3) is 4.12. The van der Waals surface area contributed by atoms with Gasteiger partial charge in [-0.05, 0) is 37.3 Å². The Hall–Kier alpha value is -1.40. The molecule has 2 fully saturated rings. The zero-order chi connectivity index (χ0) is 16.2. The molecule has 0 unspecified atom stereocenters. The topological polar surface area (TPSA) is 61.4 Å². The quantitative estimate of drug-likeness (QED) is 0.866. The van der Waals surface area contributed by atoms with E-state index >= 15 is 0 Å². The van der Waals surface area contributed by atoms with Crippen LogP contribution in [0.1, 0.15) is 49.9 Å². The first-order valence-electron chi connectivity index (χ1n) is 8.47. The Labute approximate surface area is 141 Å². The molecule has 3 heterocycles. The summed E-state index contributed by atoms with van der Waals surface area (Å²) in [6, 6.07) is 4.47. The van der Waals surface area contributed by atoms with E-state index in [4.69, 9.17) is 0 Å². The van der Waals surface area contributed by atoms with Crippen LogP contribution >= 0.6 is 11.3 Å². The number of carbonyl (C=O) groups excluding carboxylic acids is 2. The lowest BCUT2D eigenvalue weighted by Gasteiger charge is -2.32. The molecule has 1 aromatic rings. The van der Waals surface area contributed by atoms with Gasteiger partial charge in [-0.25, -0.2) is 0 Å². The molecule has 2 N–H and O–H groups in total. The van der Waals surface area contributed by atoms with Crippen molar-refractivity contribution >= 4 is 23.2 Å². The average Bonchev–Trinajstić information content (AvgIpc) is 3.16. The lowest BCUT2D eigenvalue weighted by Crippen LogP contribution is -2.47. The van der Waals surface area contributed by atoms with Gasteiger partial charge in [0.05, 0.1) is 12.5 Å². The summed E-state index contributed by atoms with van der Waals surface area (Å²) < 4.78 is 0.